The molecule has 122 valence electrons. The van der Waals surface area contributed by atoms with Crippen LogP contribution in [0.4, 0.5) is 5.69 Å². The fraction of sp³-hybridized carbons (Fsp3) is 0.167. The lowest BCUT2D eigenvalue weighted by Gasteiger charge is -2.07. The minimum atomic E-state index is -0.799. The Morgan fingerprint density at radius 3 is 2.67 bits per heavy atom. The lowest BCUT2D eigenvalue weighted by Crippen LogP contribution is -2.02. The molecule has 0 aliphatic heterocycles. The topological polar surface area (TPSA) is 91.5 Å². The first-order valence-electron chi connectivity index (χ1n) is 7.56. The van der Waals surface area contributed by atoms with Gasteiger partial charge in [0.1, 0.15) is 0 Å². The number of aliphatic imine (C=N–C) groups is 1. The number of nitro benzene ring substituents is 1. The molecule has 0 radical (unpaired) electrons. The fourth-order valence-electron chi connectivity index (χ4n) is 2.63. The van der Waals surface area contributed by atoms with Gasteiger partial charge in [0.2, 0.25) is 0 Å². The number of nitro groups is 1. The number of aliphatic hydroxyl groups excluding tert-OH is 1. The lowest BCUT2D eigenvalue weighted by molar-refractivity contribution is -0.384. The minimum absolute atomic E-state index is 0.00358. The molecule has 0 bridgehead atoms. The number of hydrogen-bond acceptors (Lipinski definition) is 4. The molecule has 6 nitrogen and oxygen atoms in total. The summed E-state index contributed by atoms with van der Waals surface area (Å²) < 4.78 is 0. The van der Waals surface area contributed by atoms with Crippen molar-refractivity contribution in [1.29, 1.82) is 0 Å². The average Bonchev–Trinajstić information content (AvgIpc) is 2.90. The summed E-state index contributed by atoms with van der Waals surface area (Å²) >= 11 is 0. The number of aromatic nitrogens is 1. The van der Waals surface area contributed by atoms with E-state index < -0.39 is 11.0 Å². The Balaban J connectivity index is 1.73. The average molecular weight is 323 g/mol. The highest BCUT2D eigenvalue weighted by Crippen LogP contribution is 2.21. The van der Waals surface area contributed by atoms with Crippen LogP contribution in [0.1, 0.15) is 22.9 Å². The van der Waals surface area contributed by atoms with Crippen LogP contribution in [0.15, 0.2) is 53.5 Å². The van der Waals surface area contributed by atoms with Gasteiger partial charge in [0.05, 0.1) is 17.6 Å². The molecule has 1 heterocycles. The number of benzene rings is 2. The predicted octanol–water partition coefficient (Wildman–Crippen LogP) is 3.54. The van der Waals surface area contributed by atoms with Gasteiger partial charge in [0.15, 0.2) is 0 Å². The molecular weight excluding hydrogens is 306 g/mol. The molecule has 2 N–H and O–H groups in total. The number of fused-ring (bicyclic) bond motifs is 1. The van der Waals surface area contributed by atoms with Crippen molar-refractivity contribution in [3.63, 3.8) is 0 Å². The monoisotopic (exact) mass is 323 g/mol. The molecule has 0 unspecified atom stereocenters. The van der Waals surface area contributed by atoms with Crippen molar-refractivity contribution in [2.24, 2.45) is 4.99 Å². The fourth-order valence-corrected chi connectivity index (χ4v) is 2.63. The number of aromatic amines is 1. The maximum Gasteiger partial charge on any atom is 0.269 e. The summed E-state index contributed by atoms with van der Waals surface area (Å²) in [5.74, 6) is 0. The van der Waals surface area contributed by atoms with E-state index in [1.54, 1.807) is 18.3 Å². The maximum atomic E-state index is 10.6. The second-order valence-corrected chi connectivity index (χ2v) is 5.57. The lowest BCUT2D eigenvalue weighted by atomic mass is 10.1. The summed E-state index contributed by atoms with van der Waals surface area (Å²) in [5.41, 5.74) is 3.68. The number of nitrogens with zero attached hydrogens (tertiary/aromatic N) is 2. The van der Waals surface area contributed by atoms with Gasteiger partial charge in [0, 0.05) is 40.5 Å². The maximum absolute atomic E-state index is 10.6. The van der Waals surface area contributed by atoms with E-state index in [4.69, 9.17) is 0 Å². The van der Waals surface area contributed by atoms with Crippen LogP contribution in [0, 0.1) is 17.0 Å². The van der Waals surface area contributed by atoms with E-state index in [0.29, 0.717) is 5.56 Å². The number of aryl methyl sites for hydroxylation is 1. The zero-order valence-corrected chi connectivity index (χ0v) is 13.1. The van der Waals surface area contributed by atoms with Crippen LogP contribution in [0.3, 0.4) is 0 Å². The summed E-state index contributed by atoms with van der Waals surface area (Å²) in [7, 11) is 0. The summed E-state index contributed by atoms with van der Waals surface area (Å²) in [6.45, 7) is 2.17. The van der Waals surface area contributed by atoms with E-state index in [-0.39, 0.29) is 12.2 Å². The smallest absolute Gasteiger partial charge is 0.269 e. The van der Waals surface area contributed by atoms with Gasteiger partial charge in [-0.1, -0.05) is 18.2 Å². The van der Waals surface area contributed by atoms with E-state index >= 15 is 0 Å². The molecule has 0 amide bonds. The largest absolute Gasteiger partial charge is 0.386 e. The number of rotatable bonds is 5. The van der Waals surface area contributed by atoms with Crippen molar-refractivity contribution in [3.8, 4) is 0 Å². The molecule has 3 aromatic rings. The molecular formula is C18H17N3O3. The summed E-state index contributed by atoms with van der Waals surface area (Å²) in [4.78, 5) is 17.8. The van der Waals surface area contributed by atoms with E-state index in [2.05, 4.69) is 9.98 Å². The van der Waals surface area contributed by atoms with Crippen molar-refractivity contribution in [2.75, 3.05) is 6.54 Å². The first-order chi connectivity index (χ1) is 11.6. The summed E-state index contributed by atoms with van der Waals surface area (Å²) in [6.07, 6.45) is 0.954. The second kappa shape index (κ2) is 6.64. The van der Waals surface area contributed by atoms with Gasteiger partial charge >= 0.3 is 0 Å². The van der Waals surface area contributed by atoms with Crippen LogP contribution in [-0.2, 0) is 0 Å². The third-order valence-electron chi connectivity index (χ3n) is 3.93. The Hall–Kier alpha value is -2.99. The Morgan fingerprint density at radius 2 is 1.96 bits per heavy atom. The number of aliphatic hydroxyl groups is 1. The van der Waals surface area contributed by atoms with Gasteiger partial charge in [-0.25, -0.2) is 0 Å². The van der Waals surface area contributed by atoms with Crippen molar-refractivity contribution in [1.82, 2.24) is 4.98 Å². The van der Waals surface area contributed by atoms with Crippen molar-refractivity contribution >= 4 is 22.8 Å². The van der Waals surface area contributed by atoms with Crippen LogP contribution in [0.5, 0.6) is 0 Å². The number of H-pyrrole nitrogens is 1. The molecule has 1 aromatic heterocycles. The molecule has 3 rings (SSSR count). The summed E-state index contributed by atoms with van der Waals surface area (Å²) in [6, 6.07) is 13.8. The zero-order valence-electron chi connectivity index (χ0n) is 13.1. The Bertz CT molecular complexity index is 898. The standard InChI is InChI=1S/C18H17N3O3/c1-12-16(15-4-2-3-5-17(15)20-12)10-19-11-18(22)13-6-8-14(9-7-13)21(23)24/h2-10,18,20,22H,11H2,1H3/t18-/m1/s1. The highest BCUT2D eigenvalue weighted by atomic mass is 16.6. The van der Waals surface area contributed by atoms with E-state index in [0.717, 1.165) is 22.2 Å². The number of para-hydroxylation sites is 1. The first kappa shape index (κ1) is 15.9. The van der Waals surface area contributed by atoms with Crippen molar-refractivity contribution < 1.29 is 10.0 Å². The summed E-state index contributed by atoms with van der Waals surface area (Å²) in [5, 5.41) is 21.9. The van der Waals surface area contributed by atoms with Crippen LogP contribution in [-0.4, -0.2) is 27.8 Å². The van der Waals surface area contributed by atoms with Crippen LogP contribution in [0.2, 0.25) is 0 Å². The third-order valence-corrected chi connectivity index (χ3v) is 3.93. The Kier molecular flexibility index (Phi) is 4.39. The minimum Gasteiger partial charge on any atom is -0.386 e. The van der Waals surface area contributed by atoms with Gasteiger partial charge in [-0.2, -0.15) is 0 Å². The van der Waals surface area contributed by atoms with Crippen LogP contribution < -0.4 is 0 Å². The second-order valence-electron chi connectivity index (χ2n) is 5.57. The van der Waals surface area contributed by atoms with Gasteiger partial charge in [-0.15, -0.1) is 0 Å². The third kappa shape index (κ3) is 3.18. The normalized spacial score (nSPS) is 12.8. The van der Waals surface area contributed by atoms with Gasteiger partial charge in [0.25, 0.3) is 5.69 Å². The molecule has 0 saturated carbocycles. The van der Waals surface area contributed by atoms with Crippen molar-refractivity contribution in [3.05, 3.63) is 75.5 Å². The predicted molar refractivity (Wildman–Crippen MR) is 93.6 cm³/mol. The van der Waals surface area contributed by atoms with Crippen molar-refractivity contribution in [2.45, 2.75) is 13.0 Å². The number of hydrogen-bond donors (Lipinski definition) is 2. The molecule has 0 aliphatic rings. The van der Waals surface area contributed by atoms with E-state index in [1.165, 1.54) is 12.1 Å². The molecule has 0 spiro atoms. The SMILES string of the molecule is Cc1[nH]c2ccccc2c1C=NC[C@@H](O)c1ccc([N+](=O)[O-])cc1. The first-order valence-corrected chi connectivity index (χ1v) is 7.56. The molecule has 0 fully saturated rings. The van der Waals surface area contributed by atoms with E-state index in [9.17, 15) is 15.2 Å². The molecule has 0 saturated heterocycles. The van der Waals surface area contributed by atoms with Gasteiger partial charge in [-0.05, 0) is 30.7 Å². The number of non-ortho nitro benzene ring substituents is 1. The van der Waals surface area contributed by atoms with Crippen LogP contribution >= 0.6 is 0 Å². The highest BCUT2D eigenvalue weighted by molar-refractivity contribution is 6.00. The Labute approximate surface area is 138 Å². The van der Waals surface area contributed by atoms with Gasteiger partial charge in [-0.3, -0.25) is 15.1 Å². The number of nitrogens with one attached hydrogen (secondary N) is 1. The Morgan fingerprint density at radius 1 is 1.25 bits per heavy atom. The van der Waals surface area contributed by atoms with Crippen LogP contribution in [0.25, 0.3) is 10.9 Å². The molecule has 1 atom stereocenters. The van der Waals surface area contributed by atoms with E-state index in [1.807, 2.05) is 31.2 Å². The molecule has 2 aromatic carbocycles. The molecule has 0 aliphatic carbocycles. The highest BCUT2D eigenvalue weighted by Gasteiger charge is 2.10. The zero-order chi connectivity index (χ0) is 17.1. The van der Waals surface area contributed by atoms with Gasteiger partial charge < -0.3 is 10.1 Å². The molecule has 6 heteroatoms. The molecule has 24 heavy (non-hydrogen) atoms. The quantitative estimate of drug-likeness (QED) is 0.427.